The molecule has 1 nitrogen and oxygen atoms in total. The van der Waals surface area contributed by atoms with Crippen LogP contribution in [-0.2, 0) is 6.42 Å². The SMILES string of the molecule is CC(c1ccccc1)C(C)(C)C(=O)c1ccc(CCC(C)(C)C(C)(C)C)cc1. The highest BCUT2D eigenvalue weighted by Crippen LogP contribution is 2.41. The molecule has 0 saturated heterocycles. The lowest BCUT2D eigenvalue weighted by molar-refractivity contribution is 0.0807. The molecule has 152 valence electrons. The van der Waals surface area contributed by atoms with Gasteiger partial charge in [-0.1, -0.05) is 110 Å². The number of ketones is 1. The van der Waals surface area contributed by atoms with Crippen LogP contribution in [0.4, 0.5) is 0 Å². The van der Waals surface area contributed by atoms with E-state index in [1.165, 1.54) is 11.1 Å². The quantitative estimate of drug-likeness (QED) is 0.451. The molecule has 0 bridgehead atoms. The van der Waals surface area contributed by atoms with Crippen LogP contribution in [0.15, 0.2) is 54.6 Å². The smallest absolute Gasteiger partial charge is 0.169 e. The average molecular weight is 379 g/mol. The van der Waals surface area contributed by atoms with Crippen molar-refractivity contribution in [2.45, 2.75) is 74.1 Å². The van der Waals surface area contributed by atoms with Gasteiger partial charge in [0.1, 0.15) is 0 Å². The molecule has 1 heteroatoms. The molecule has 1 unspecified atom stereocenters. The third kappa shape index (κ3) is 4.93. The second kappa shape index (κ2) is 8.23. The van der Waals surface area contributed by atoms with Crippen molar-refractivity contribution in [3.05, 3.63) is 71.3 Å². The van der Waals surface area contributed by atoms with Crippen molar-refractivity contribution >= 4 is 5.78 Å². The summed E-state index contributed by atoms with van der Waals surface area (Å²) in [5.41, 5.74) is 3.43. The van der Waals surface area contributed by atoms with Crippen LogP contribution in [-0.4, -0.2) is 5.78 Å². The van der Waals surface area contributed by atoms with E-state index in [9.17, 15) is 4.79 Å². The predicted molar refractivity (Wildman–Crippen MR) is 121 cm³/mol. The first kappa shape index (κ1) is 22.4. The van der Waals surface area contributed by atoms with E-state index in [1.54, 1.807) is 0 Å². The van der Waals surface area contributed by atoms with Gasteiger partial charge in [0.15, 0.2) is 5.78 Å². The lowest BCUT2D eigenvalue weighted by Crippen LogP contribution is -2.30. The van der Waals surface area contributed by atoms with E-state index in [0.29, 0.717) is 0 Å². The Morgan fingerprint density at radius 2 is 1.36 bits per heavy atom. The molecule has 1 atom stereocenters. The van der Waals surface area contributed by atoms with Crippen LogP contribution >= 0.6 is 0 Å². The van der Waals surface area contributed by atoms with Crippen LogP contribution in [0.5, 0.6) is 0 Å². The Bertz CT molecular complexity index is 773. The van der Waals surface area contributed by atoms with E-state index in [2.05, 4.69) is 79.7 Å². The minimum absolute atomic E-state index is 0.161. The van der Waals surface area contributed by atoms with E-state index < -0.39 is 5.41 Å². The van der Waals surface area contributed by atoms with Gasteiger partial charge in [-0.05, 0) is 40.7 Å². The minimum atomic E-state index is -0.447. The van der Waals surface area contributed by atoms with Gasteiger partial charge < -0.3 is 0 Å². The predicted octanol–water partition coefficient (Wildman–Crippen LogP) is 7.70. The van der Waals surface area contributed by atoms with Crippen LogP contribution in [0.3, 0.4) is 0 Å². The van der Waals surface area contributed by atoms with E-state index in [1.807, 2.05) is 30.3 Å². The first-order valence-electron chi connectivity index (χ1n) is 10.5. The van der Waals surface area contributed by atoms with Gasteiger partial charge in [0.2, 0.25) is 0 Å². The number of hydrogen-bond acceptors (Lipinski definition) is 1. The molecule has 0 amide bonds. The standard InChI is InChI=1S/C27H38O/c1-20(22-12-10-9-11-13-22)27(7,8)24(28)23-16-14-21(15-17-23)18-19-26(5,6)25(2,3)4/h9-17,20H,18-19H2,1-8H3. The Hall–Kier alpha value is -1.89. The molecular formula is C27H38O. The summed E-state index contributed by atoms with van der Waals surface area (Å²) in [6, 6.07) is 18.6. The lowest BCUT2D eigenvalue weighted by atomic mass is 9.66. The molecule has 0 aliphatic rings. The fourth-order valence-corrected chi connectivity index (χ4v) is 3.38. The van der Waals surface area contributed by atoms with Gasteiger partial charge in [-0.15, -0.1) is 0 Å². The van der Waals surface area contributed by atoms with Gasteiger partial charge in [-0.2, -0.15) is 0 Å². The number of carbonyl (C=O) groups excluding carboxylic acids is 1. The summed E-state index contributed by atoms with van der Waals surface area (Å²) in [7, 11) is 0. The molecule has 0 radical (unpaired) electrons. The van der Waals surface area contributed by atoms with Crippen molar-refractivity contribution in [1.29, 1.82) is 0 Å². The molecule has 2 rings (SSSR count). The van der Waals surface area contributed by atoms with Crippen LogP contribution in [0, 0.1) is 16.2 Å². The first-order chi connectivity index (χ1) is 12.9. The number of rotatable bonds is 7. The van der Waals surface area contributed by atoms with Crippen LogP contribution in [0.1, 0.15) is 89.2 Å². The van der Waals surface area contributed by atoms with Crippen LogP contribution in [0.25, 0.3) is 0 Å². The molecule has 0 aromatic heterocycles. The zero-order valence-electron chi connectivity index (χ0n) is 19.1. The van der Waals surface area contributed by atoms with E-state index >= 15 is 0 Å². The number of hydrogen-bond donors (Lipinski definition) is 0. The normalized spacial score (nSPS) is 14.0. The summed E-state index contributed by atoms with van der Waals surface area (Å²) in [5, 5.41) is 0. The van der Waals surface area contributed by atoms with Crippen LogP contribution in [0.2, 0.25) is 0 Å². The molecule has 0 aliphatic carbocycles. The second-order valence-electron chi connectivity index (χ2n) is 10.5. The fourth-order valence-electron chi connectivity index (χ4n) is 3.38. The van der Waals surface area contributed by atoms with Crippen molar-refractivity contribution in [1.82, 2.24) is 0 Å². The monoisotopic (exact) mass is 378 g/mol. The van der Waals surface area contributed by atoms with Gasteiger partial charge >= 0.3 is 0 Å². The first-order valence-corrected chi connectivity index (χ1v) is 10.5. The van der Waals surface area contributed by atoms with Gasteiger partial charge in [0.05, 0.1) is 0 Å². The number of aryl methyl sites for hydroxylation is 1. The number of Topliss-reactive ketones (excluding diaryl/α,β-unsaturated/α-hetero) is 1. The Kier molecular flexibility index (Phi) is 6.58. The molecule has 0 saturated carbocycles. The summed E-state index contributed by atoms with van der Waals surface area (Å²) >= 11 is 0. The van der Waals surface area contributed by atoms with Crippen molar-refractivity contribution in [3.63, 3.8) is 0 Å². The van der Waals surface area contributed by atoms with Crippen molar-refractivity contribution in [2.24, 2.45) is 16.2 Å². The largest absolute Gasteiger partial charge is 0.294 e. The number of carbonyl (C=O) groups is 1. The minimum Gasteiger partial charge on any atom is -0.294 e. The van der Waals surface area contributed by atoms with Gasteiger partial charge in [-0.3, -0.25) is 4.79 Å². The Morgan fingerprint density at radius 1 is 0.821 bits per heavy atom. The summed E-state index contributed by atoms with van der Waals surface area (Å²) in [4.78, 5) is 13.2. The average Bonchev–Trinajstić information content (AvgIpc) is 2.65. The maximum atomic E-state index is 13.2. The van der Waals surface area contributed by atoms with Crippen molar-refractivity contribution in [3.8, 4) is 0 Å². The highest BCUT2D eigenvalue weighted by atomic mass is 16.1. The van der Waals surface area contributed by atoms with Crippen molar-refractivity contribution in [2.75, 3.05) is 0 Å². The molecule has 0 heterocycles. The lowest BCUT2D eigenvalue weighted by Gasteiger charge is -2.39. The number of benzene rings is 2. The summed E-state index contributed by atoms with van der Waals surface area (Å²) in [5.74, 6) is 0.374. The van der Waals surface area contributed by atoms with E-state index in [4.69, 9.17) is 0 Å². The molecule has 0 N–H and O–H groups in total. The Labute approximate surface area is 172 Å². The van der Waals surface area contributed by atoms with Crippen molar-refractivity contribution < 1.29 is 4.79 Å². The van der Waals surface area contributed by atoms with E-state index in [0.717, 1.165) is 18.4 Å². The highest BCUT2D eigenvalue weighted by Gasteiger charge is 2.35. The maximum absolute atomic E-state index is 13.2. The van der Waals surface area contributed by atoms with Gasteiger partial charge in [0, 0.05) is 11.0 Å². The van der Waals surface area contributed by atoms with Crippen LogP contribution < -0.4 is 0 Å². The topological polar surface area (TPSA) is 17.1 Å². The molecule has 2 aromatic carbocycles. The summed E-state index contributed by atoms with van der Waals surface area (Å²) in [6.07, 6.45) is 2.18. The zero-order valence-corrected chi connectivity index (χ0v) is 19.1. The molecule has 0 fully saturated rings. The Morgan fingerprint density at radius 3 is 1.86 bits per heavy atom. The Balaban J connectivity index is 2.11. The molecule has 2 aromatic rings. The second-order valence-corrected chi connectivity index (χ2v) is 10.5. The molecule has 0 spiro atoms. The van der Waals surface area contributed by atoms with Gasteiger partial charge in [-0.25, -0.2) is 0 Å². The van der Waals surface area contributed by atoms with E-state index in [-0.39, 0.29) is 22.5 Å². The maximum Gasteiger partial charge on any atom is 0.169 e. The molecule has 0 aliphatic heterocycles. The fraction of sp³-hybridized carbons (Fsp3) is 0.519. The van der Waals surface area contributed by atoms with Gasteiger partial charge in [0.25, 0.3) is 0 Å². The molecule has 28 heavy (non-hydrogen) atoms. The third-order valence-electron chi connectivity index (χ3n) is 7.25. The third-order valence-corrected chi connectivity index (χ3v) is 7.25. The molecular weight excluding hydrogens is 340 g/mol. The summed E-state index contributed by atoms with van der Waals surface area (Å²) < 4.78 is 0. The summed E-state index contributed by atoms with van der Waals surface area (Å²) in [6.45, 7) is 17.9. The highest BCUT2D eigenvalue weighted by molar-refractivity contribution is 6.00. The zero-order chi connectivity index (χ0) is 21.2.